The van der Waals surface area contributed by atoms with Crippen molar-refractivity contribution < 1.29 is 14.3 Å². The highest BCUT2D eigenvalue weighted by Gasteiger charge is 2.10. The zero-order chi connectivity index (χ0) is 14.4. The van der Waals surface area contributed by atoms with E-state index in [-0.39, 0.29) is 12.6 Å². The molecule has 3 N–H and O–H groups in total. The highest BCUT2D eigenvalue weighted by atomic mass is 35.5. The van der Waals surface area contributed by atoms with E-state index in [1.54, 1.807) is 18.2 Å². The smallest absolute Gasteiger partial charge is 0.315 e. The Bertz CT molecular complexity index is 540. The van der Waals surface area contributed by atoms with E-state index in [2.05, 4.69) is 10.6 Å². The van der Waals surface area contributed by atoms with Crippen molar-refractivity contribution in [3.8, 4) is 0 Å². The molecule has 0 fully saturated rings. The fourth-order valence-electron chi connectivity index (χ4n) is 1.62. The van der Waals surface area contributed by atoms with Gasteiger partial charge in [0.05, 0.1) is 18.6 Å². The maximum absolute atomic E-state index is 11.6. The van der Waals surface area contributed by atoms with Crippen LogP contribution in [0.4, 0.5) is 4.79 Å². The van der Waals surface area contributed by atoms with E-state index in [4.69, 9.17) is 16.0 Å². The second-order valence-corrected chi connectivity index (χ2v) is 4.70. The minimum absolute atomic E-state index is 0.117. The Morgan fingerprint density at radius 1 is 1.25 bits per heavy atom. The van der Waals surface area contributed by atoms with Crippen molar-refractivity contribution in [1.29, 1.82) is 0 Å². The van der Waals surface area contributed by atoms with Gasteiger partial charge in [-0.2, -0.15) is 0 Å². The molecule has 0 saturated carbocycles. The van der Waals surface area contributed by atoms with E-state index >= 15 is 0 Å². The Labute approximate surface area is 121 Å². The van der Waals surface area contributed by atoms with Crippen LogP contribution in [0, 0.1) is 0 Å². The summed E-state index contributed by atoms with van der Waals surface area (Å²) in [6, 6.07) is 8.50. The second-order valence-electron chi connectivity index (χ2n) is 4.26. The number of rotatable bonds is 5. The average molecular weight is 295 g/mol. The molecule has 0 spiro atoms. The first-order valence-corrected chi connectivity index (χ1v) is 6.49. The van der Waals surface area contributed by atoms with Gasteiger partial charge < -0.3 is 20.2 Å². The maximum atomic E-state index is 11.6. The second kappa shape index (κ2) is 6.98. The van der Waals surface area contributed by atoms with Crippen molar-refractivity contribution in [1.82, 2.24) is 10.6 Å². The molecule has 0 aliphatic rings. The van der Waals surface area contributed by atoms with E-state index in [0.29, 0.717) is 17.1 Å². The molecule has 0 saturated heterocycles. The van der Waals surface area contributed by atoms with Crippen LogP contribution < -0.4 is 10.6 Å². The molecule has 0 aliphatic heterocycles. The van der Waals surface area contributed by atoms with Crippen LogP contribution in [0.2, 0.25) is 5.02 Å². The molecule has 2 rings (SSSR count). The van der Waals surface area contributed by atoms with Gasteiger partial charge in [-0.25, -0.2) is 4.79 Å². The molecule has 1 heterocycles. The van der Waals surface area contributed by atoms with Gasteiger partial charge in [-0.3, -0.25) is 0 Å². The van der Waals surface area contributed by atoms with Crippen LogP contribution in [0.25, 0.3) is 0 Å². The number of hydrogen-bond acceptors (Lipinski definition) is 3. The number of hydrogen-bond donors (Lipinski definition) is 3. The van der Waals surface area contributed by atoms with Crippen LogP contribution in [0.3, 0.4) is 0 Å². The van der Waals surface area contributed by atoms with Crippen LogP contribution in [0.1, 0.15) is 17.2 Å². The number of aliphatic hydroxyl groups is 1. The minimum Gasteiger partial charge on any atom is -0.472 e. The summed E-state index contributed by atoms with van der Waals surface area (Å²) >= 11 is 5.77. The Hall–Kier alpha value is -1.98. The Morgan fingerprint density at radius 3 is 2.65 bits per heavy atom. The predicted octanol–water partition coefficient (Wildman–Crippen LogP) is 2.47. The first-order chi connectivity index (χ1) is 9.65. The molecule has 1 aromatic carbocycles. The summed E-state index contributed by atoms with van der Waals surface area (Å²) in [6.07, 6.45) is 2.13. The number of amides is 2. The molecule has 5 nitrogen and oxygen atoms in total. The lowest BCUT2D eigenvalue weighted by molar-refractivity contribution is 0.172. The van der Waals surface area contributed by atoms with Gasteiger partial charge >= 0.3 is 6.03 Å². The molecule has 2 amide bonds. The minimum atomic E-state index is -0.782. The van der Waals surface area contributed by atoms with Gasteiger partial charge in [-0.1, -0.05) is 23.7 Å². The normalized spacial score (nSPS) is 11.9. The van der Waals surface area contributed by atoms with Crippen molar-refractivity contribution >= 4 is 17.6 Å². The fraction of sp³-hybridized carbons (Fsp3) is 0.214. The first kappa shape index (κ1) is 14.4. The summed E-state index contributed by atoms with van der Waals surface area (Å²) < 4.78 is 4.86. The number of aliphatic hydroxyl groups excluding tert-OH is 1. The molecule has 20 heavy (non-hydrogen) atoms. The van der Waals surface area contributed by atoms with E-state index in [9.17, 15) is 9.90 Å². The maximum Gasteiger partial charge on any atom is 0.315 e. The highest BCUT2D eigenvalue weighted by molar-refractivity contribution is 6.30. The van der Waals surface area contributed by atoms with Crippen molar-refractivity contribution in [2.24, 2.45) is 0 Å². The van der Waals surface area contributed by atoms with Gasteiger partial charge in [-0.15, -0.1) is 0 Å². The predicted molar refractivity (Wildman–Crippen MR) is 75.4 cm³/mol. The summed E-state index contributed by atoms with van der Waals surface area (Å²) in [7, 11) is 0. The summed E-state index contributed by atoms with van der Waals surface area (Å²) in [4.78, 5) is 11.6. The largest absolute Gasteiger partial charge is 0.472 e. The quantitative estimate of drug-likeness (QED) is 0.793. The van der Waals surface area contributed by atoms with Gasteiger partial charge in [0.1, 0.15) is 0 Å². The molecule has 2 aromatic rings. The molecule has 0 radical (unpaired) electrons. The van der Waals surface area contributed by atoms with Crippen LogP contribution in [0.5, 0.6) is 0 Å². The Morgan fingerprint density at radius 2 is 2.00 bits per heavy atom. The molecular weight excluding hydrogens is 280 g/mol. The van der Waals surface area contributed by atoms with Crippen LogP contribution >= 0.6 is 11.6 Å². The number of nitrogens with one attached hydrogen (secondary N) is 2. The van der Waals surface area contributed by atoms with E-state index in [1.807, 2.05) is 12.1 Å². The van der Waals surface area contributed by atoms with Crippen LogP contribution in [0.15, 0.2) is 47.3 Å². The van der Waals surface area contributed by atoms with Crippen molar-refractivity contribution in [3.05, 3.63) is 59.0 Å². The summed E-state index contributed by atoms with van der Waals surface area (Å²) in [5.41, 5.74) is 1.57. The molecule has 1 aromatic heterocycles. The number of carbonyl (C=O) groups excluding carboxylic acids is 1. The van der Waals surface area contributed by atoms with Gasteiger partial charge in [0, 0.05) is 23.7 Å². The third kappa shape index (κ3) is 4.29. The Kier molecular flexibility index (Phi) is 5.03. The number of benzene rings is 1. The third-order valence-electron chi connectivity index (χ3n) is 2.75. The van der Waals surface area contributed by atoms with Gasteiger partial charge in [0.25, 0.3) is 0 Å². The topological polar surface area (TPSA) is 74.5 Å². The van der Waals surface area contributed by atoms with Crippen molar-refractivity contribution in [2.75, 3.05) is 6.54 Å². The van der Waals surface area contributed by atoms with E-state index in [0.717, 1.165) is 5.56 Å². The zero-order valence-corrected chi connectivity index (χ0v) is 11.4. The Balaban J connectivity index is 1.71. The third-order valence-corrected chi connectivity index (χ3v) is 3.00. The standard InChI is InChI=1S/C14H15ClN2O3/c15-12-3-1-10(2-4-12)7-16-14(19)17-8-13(18)11-5-6-20-9-11/h1-6,9,13,18H,7-8H2,(H2,16,17,19)/t13-/m1/s1. The van der Waals surface area contributed by atoms with Gasteiger partial charge in [0.2, 0.25) is 0 Å². The monoisotopic (exact) mass is 294 g/mol. The molecule has 0 unspecified atom stereocenters. The van der Waals surface area contributed by atoms with E-state index in [1.165, 1.54) is 12.5 Å². The number of halogens is 1. The lowest BCUT2D eigenvalue weighted by Crippen LogP contribution is -2.37. The number of urea groups is 1. The molecule has 0 bridgehead atoms. The van der Waals surface area contributed by atoms with Crippen molar-refractivity contribution in [2.45, 2.75) is 12.6 Å². The molecule has 6 heteroatoms. The number of furan rings is 1. The lowest BCUT2D eigenvalue weighted by Gasteiger charge is -2.11. The van der Waals surface area contributed by atoms with E-state index < -0.39 is 6.10 Å². The van der Waals surface area contributed by atoms with Crippen LogP contribution in [-0.4, -0.2) is 17.7 Å². The van der Waals surface area contributed by atoms with Crippen molar-refractivity contribution in [3.63, 3.8) is 0 Å². The molecule has 0 aliphatic carbocycles. The van der Waals surface area contributed by atoms with Gasteiger partial charge in [-0.05, 0) is 23.8 Å². The molecular formula is C14H15ClN2O3. The van der Waals surface area contributed by atoms with Crippen LogP contribution in [-0.2, 0) is 6.54 Å². The van der Waals surface area contributed by atoms with Gasteiger partial charge in [0.15, 0.2) is 0 Å². The highest BCUT2D eigenvalue weighted by Crippen LogP contribution is 2.11. The lowest BCUT2D eigenvalue weighted by atomic mass is 10.2. The zero-order valence-electron chi connectivity index (χ0n) is 10.7. The molecule has 106 valence electrons. The summed E-state index contributed by atoms with van der Waals surface area (Å²) in [5.74, 6) is 0. The fourth-order valence-corrected chi connectivity index (χ4v) is 1.74. The summed E-state index contributed by atoms with van der Waals surface area (Å²) in [6.45, 7) is 0.511. The summed E-state index contributed by atoms with van der Waals surface area (Å²) in [5, 5.41) is 15.7. The number of carbonyl (C=O) groups is 1. The SMILES string of the molecule is O=C(NCc1ccc(Cl)cc1)NC[C@@H](O)c1ccoc1. The molecule has 1 atom stereocenters. The average Bonchev–Trinajstić information content (AvgIpc) is 2.98. The first-order valence-electron chi connectivity index (χ1n) is 6.11.